The van der Waals surface area contributed by atoms with Crippen molar-refractivity contribution in [1.82, 2.24) is 14.4 Å². The maximum Gasteiger partial charge on any atom is 0.272 e. The summed E-state index contributed by atoms with van der Waals surface area (Å²) in [4.78, 5) is 28.8. The zero-order chi connectivity index (χ0) is 18.2. The molecular formula is C19H24N4O2. The molecule has 6 heteroatoms. The summed E-state index contributed by atoms with van der Waals surface area (Å²) < 4.78 is 1.86. The second-order valence-electron chi connectivity index (χ2n) is 6.10. The summed E-state index contributed by atoms with van der Waals surface area (Å²) in [5, 5.41) is 0. The molecule has 25 heavy (non-hydrogen) atoms. The van der Waals surface area contributed by atoms with Crippen molar-refractivity contribution in [2.45, 2.75) is 33.0 Å². The molecule has 3 heterocycles. The summed E-state index contributed by atoms with van der Waals surface area (Å²) in [6, 6.07) is 11.4. The molecule has 6 nitrogen and oxygen atoms in total. The van der Waals surface area contributed by atoms with Gasteiger partial charge in [-0.15, -0.1) is 0 Å². The highest BCUT2D eigenvalue weighted by Gasteiger charge is 2.55. The minimum absolute atomic E-state index is 0.0345. The summed E-state index contributed by atoms with van der Waals surface area (Å²) >= 11 is 0. The summed E-state index contributed by atoms with van der Waals surface area (Å²) in [5.41, 5.74) is 7.19. The fraction of sp³-hybridized carbons (Fsp3) is 0.368. The zero-order valence-electron chi connectivity index (χ0n) is 14.9. The number of hydrogen-bond acceptors (Lipinski definition) is 3. The number of hydrogen-bond donors (Lipinski definition) is 1. The number of anilines is 1. The van der Waals surface area contributed by atoms with Crippen LogP contribution in [0.5, 0.6) is 0 Å². The lowest BCUT2D eigenvalue weighted by molar-refractivity contribution is -0.138. The van der Waals surface area contributed by atoms with Gasteiger partial charge in [0.25, 0.3) is 5.91 Å². The first kappa shape index (κ1) is 17.1. The average molecular weight is 340 g/mol. The Morgan fingerprint density at radius 3 is 2.48 bits per heavy atom. The Hall–Kier alpha value is -2.76. The summed E-state index contributed by atoms with van der Waals surface area (Å²) in [7, 11) is 0. The van der Waals surface area contributed by atoms with Gasteiger partial charge in [-0.05, 0) is 11.6 Å². The molecule has 0 radical (unpaired) electrons. The quantitative estimate of drug-likeness (QED) is 0.865. The van der Waals surface area contributed by atoms with Crippen molar-refractivity contribution in [3.63, 3.8) is 0 Å². The van der Waals surface area contributed by atoms with E-state index in [2.05, 4.69) is 0 Å². The van der Waals surface area contributed by atoms with E-state index in [1.54, 1.807) is 29.0 Å². The van der Waals surface area contributed by atoms with Gasteiger partial charge in [0.2, 0.25) is 5.91 Å². The minimum atomic E-state index is -0.775. The van der Waals surface area contributed by atoms with E-state index in [1.807, 2.05) is 48.7 Å². The van der Waals surface area contributed by atoms with Crippen molar-refractivity contribution in [3.8, 4) is 0 Å². The van der Waals surface area contributed by atoms with E-state index in [0.717, 1.165) is 5.56 Å². The highest BCUT2D eigenvalue weighted by atomic mass is 16.2. The number of benzene rings is 1. The van der Waals surface area contributed by atoms with Crippen LogP contribution in [0.3, 0.4) is 0 Å². The van der Waals surface area contributed by atoms with Crippen molar-refractivity contribution in [1.29, 1.82) is 0 Å². The molecule has 4 rings (SSSR count). The van der Waals surface area contributed by atoms with Gasteiger partial charge in [-0.3, -0.25) is 9.59 Å². The van der Waals surface area contributed by atoms with Crippen LogP contribution < -0.4 is 5.73 Å². The third kappa shape index (κ3) is 2.40. The van der Waals surface area contributed by atoms with Crippen LogP contribution in [0.15, 0.2) is 42.6 Å². The molecule has 0 bridgehead atoms. The van der Waals surface area contributed by atoms with Gasteiger partial charge >= 0.3 is 0 Å². The molecule has 2 aliphatic rings. The molecule has 2 amide bonds. The van der Waals surface area contributed by atoms with E-state index in [4.69, 9.17) is 5.73 Å². The molecule has 1 atom stereocenters. The summed E-state index contributed by atoms with van der Waals surface area (Å²) in [5.74, 6) is -0.117. The van der Waals surface area contributed by atoms with Crippen LogP contribution in [-0.4, -0.2) is 39.3 Å². The standard InChI is InChI=1S/C17H18N4O2.C2H6/c1-12(22)20-7-8-21-16(23)15-9-14(18)10-19(15)11-17(20,21)13-5-3-2-4-6-13;1-2/h2-6,9-10H,7-8,11,18H2,1H3;1-2H3. The van der Waals surface area contributed by atoms with E-state index < -0.39 is 5.66 Å². The van der Waals surface area contributed by atoms with Gasteiger partial charge in [0, 0.05) is 26.2 Å². The number of fused-ring (bicyclic) bond motifs is 2. The van der Waals surface area contributed by atoms with Crippen molar-refractivity contribution >= 4 is 17.5 Å². The number of aromatic nitrogens is 1. The highest BCUT2D eigenvalue weighted by molar-refractivity contribution is 5.96. The first-order valence-corrected chi connectivity index (χ1v) is 8.65. The third-order valence-corrected chi connectivity index (χ3v) is 4.83. The molecular weight excluding hydrogens is 316 g/mol. The Morgan fingerprint density at radius 1 is 1.16 bits per heavy atom. The Labute approximate surface area is 147 Å². The second-order valence-corrected chi connectivity index (χ2v) is 6.10. The molecule has 1 unspecified atom stereocenters. The molecule has 0 saturated carbocycles. The maximum atomic E-state index is 13.0. The number of amides is 2. The Morgan fingerprint density at radius 2 is 1.84 bits per heavy atom. The van der Waals surface area contributed by atoms with Crippen molar-refractivity contribution in [2.75, 3.05) is 18.8 Å². The molecule has 2 N–H and O–H groups in total. The number of nitrogens with zero attached hydrogens (tertiary/aromatic N) is 3. The first-order valence-electron chi connectivity index (χ1n) is 8.65. The zero-order valence-corrected chi connectivity index (χ0v) is 14.9. The number of carbonyl (C=O) groups excluding carboxylic acids is 2. The molecule has 1 aromatic heterocycles. The number of carbonyl (C=O) groups is 2. The molecule has 2 aliphatic heterocycles. The first-order chi connectivity index (χ1) is 12.0. The van der Waals surface area contributed by atoms with E-state index in [1.165, 1.54) is 0 Å². The molecule has 0 spiro atoms. The van der Waals surface area contributed by atoms with E-state index in [9.17, 15) is 9.59 Å². The molecule has 1 fully saturated rings. The fourth-order valence-corrected chi connectivity index (χ4v) is 3.90. The van der Waals surface area contributed by atoms with E-state index in [-0.39, 0.29) is 11.8 Å². The average Bonchev–Trinajstić information content (AvgIpc) is 3.19. The van der Waals surface area contributed by atoms with Crippen LogP contribution in [0, 0.1) is 0 Å². The van der Waals surface area contributed by atoms with Gasteiger partial charge in [0.05, 0.1) is 12.2 Å². The fourth-order valence-electron chi connectivity index (χ4n) is 3.90. The van der Waals surface area contributed by atoms with Gasteiger partial charge in [-0.2, -0.15) is 0 Å². The summed E-state index contributed by atoms with van der Waals surface area (Å²) in [6.07, 6.45) is 1.77. The monoisotopic (exact) mass is 340 g/mol. The van der Waals surface area contributed by atoms with Crippen LogP contribution >= 0.6 is 0 Å². The summed E-state index contributed by atoms with van der Waals surface area (Å²) in [6.45, 7) is 7.11. The predicted octanol–water partition coefficient (Wildman–Crippen LogP) is 2.27. The van der Waals surface area contributed by atoms with Gasteiger partial charge in [0.15, 0.2) is 5.66 Å². The Balaban J connectivity index is 0.000000880. The lowest BCUT2D eigenvalue weighted by Gasteiger charge is -2.47. The molecule has 1 aromatic carbocycles. The van der Waals surface area contributed by atoms with Gasteiger partial charge in [-0.1, -0.05) is 44.2 Å². The lowest BCUT2D eigenvalue weighted by Crippen LogP contribution is -2.59. The van der Waals surface area contributed by atoms with Crippen LogP contribution in [0.2, 0.25) is 0 Å². The normalized spacial score (nSPS) is 21.3. The van der Waals surface area contributed by atoms with Crippen LogP contribution in [0.4, 0.5) is 5.69 Å². The van der Waals surface area contributed by atoms with Gasteiger partial charge in [0.1, 0.15) is 5.69 Å². The van der Waals surface area contributed by atoms with Crippen LogP contribution in [0.1, 0.15) is 36.8 Å². The van der Waals surface area contributed by atoms with E-state index in [0.29, 0.717) is 31.0 Å². The maximum absolute atomic E-state index is 13.0. The lowest BCUT2D eigenvalue weighted by atomic mass is 9.94. The van der Waals surface area contributed by atoms with Gasteiger partial charge in [-0.25, -0.2) is 0 Å². The Bertz CT molecular complexity index is 799. The van der Waals surface area contributed by atoms with Crippen molar-refractivity contribution < 1.29 is 9.59 Å². The Kier molecular flexibility index (Phi) is 4.29. The second kappa shape index (κ2) is 6.27. The molecule has 132 valence electrons. The minimum Gasteiger partial charge on any atom is -0.397 e. The van der Waals surface area contributed by atoms with E-state index >= 15 is 0 Å². The third-order valence-electron chi connectivity index (χ3n) is 4.83. The van der Waals surface area contributed by atoms with Crippen LogP contribution in [0.25, 0.3) is 0 Å². The van der Waals surface area contributed by atoms with Crippen molar-refractivity contribution in [2.24, 2.45) is 0 Å². The highest BCUT2D eigenvalue weighted by Crippen LogP contribution is 2.43. The van der Waals surface area contributed by atoms with Crippen LogP contribution in [-0.2, 0) is 17.0 Å². The number of rotatable bonds is 1. The SMILES string of the molecule is CC.CC(=O)N1CCN2C(=O)c3cc(N)cn3CC12c1ccccc1. The molecule has 0 aliphatic carbocycles. The smallest absolute Gasteiger partial charge is 0.272 e. The number of nitrogen functional groups attached to an aromatic ring is 1. The topological polar surface area (TPSA) is 71.6 Å². The largest absolute Gasteiger partial charge is 0.397 e. The van der Waals surface area contributed by atoms with Gasteiger partial charge < -0.3 is 20.1 Å². The predicted molar refractivity (Wildman–Crippen MR) is 96.7 cm³/mol. The molecule has 1 saturated heterocycles. The molecule has 2 aromatic rings. The van der Waals surface area contributed by atoms with Crippen molar-refractivity contribution in [3.05, 3.63) is 53.9 Å². The number of nitrogens with two attached hydrogens (primary N) is 1.